The average Bonchev–Trinajstić information content (AvgIpc) is 1.85. The molecular weight excluding hydrogens is 170 g/mol. The Balaban J connectivity index is 3.25. The van der Waals surface area contributed by atoms with Crippen LogP contribution in [0.5, 0.6) is 5.75 Å². The van der Waals surface area contributed by atoms with Crippen LogP contribution in [0.4, 0.5) is 8.78 Å². The molecule has 0 aliphatic carbocycles. The van der Waals surface area contributed by atoms with Gasteiger partial charge in [0, 0.05) is 4.90 Å². The molecule has 4 heteroatoms. The lowest BCUT2D eigenvalue weighted by Gasteiger charge is -2.02. The minimum atomic E-state index is -0.738. The third-order valence-corrected chi connectivity index (χ3v) is 1.45. The molecule has 1 nitrogen and oxygen atoms in total. The Kier molecular flexibility index (Phi) is 2.34. The summed E-state index contributed by atoms with van der Waals surface area (Å²) in [5, 5.41) is 0. The Morgan fingerprint density at radius 1 is 1.27 bits per heavy atom. The van der Waals surface area contributed by atoms with E-state index < -0.39 is 11.6 Å². The minimum absolute atomic E-state index is 0.237. The molecule has 0 aliphatic rings. The first-order valence-electron chi connectivity index (χ1n) is 2.87. The summed E-state index contributed by atoms with van der Waals surface area (Å²) in [7, 11) is 1.21. The van der Waals surface area contributed by atoms with Crippen molar-refractivity contribution in [3.05, 3.63) is 23.8 Å². The molecule has 0 aliphatic heterocycles. The SMILES string of the molecule is COc1c(F)cc(S)cc1F. The van der Waals surface area contributed by atoms with Crippen LogP contribution < -0.4 is 4.74 Å². The fraction of sp³-hybridized carbons (Fsp3) is 0.143. The second-order valence-electron chi connectivity index (χ2n) is 1.94. The number of ether oxygens (including phenoxy) is 1. The highest BCUT2D eigenvalue weighted by molar-refractivity contribution is 7.80. The van der Waals surface area contributed by atoms with Gasteiger partial charge in [0.25, 0.3) is 0 Å². The van der Waals surface area contributed by atoms with Gasteiger partial charge in [-0.05, 0) is 12.1 Å². The van der Waals surface area contributed by atoms with Crippen LogP contribution in [0.1, 0.15) is 0 Å². The van der Waals surface area contributed by atoms with Crippen molar-refractivity contribution in [1.29, 1.82) is 0 Å². The maximum atomic E-state index is 12.7. The normalized spacial score (nSPS) is 9.82. The van der Waals surface area contributed by atoms with E-state index >= 15 is 0 Å². The molecule has 1 aromatic rings. The quantitative estimate of drug-likeness (QED) is 0.646. The summed E-state index contributed by atoms with van der Waals surface area (Å²) in [6.45, 7) is 0. The molecule has 1 aromatic carbocycles. The van der Waals surface area contributed by atoms with Gasteiger partial charge in [0.15, 0.2) is 17.4 Å². The third-order valence-electron chi connectivity index (χ3n) is 1.19. The summed E-state index contributed by atoms with van der Waals surface area (Å²) in [6.07, 6.45) is 0. The van der Waals surface area contributed by atoms with Crippen LogP contribution in [-0.2, 0) is 0 Å². The van der Waals surface area contributed by atoms with Gasteiger partial charge in [0.2, 0.25) is 0 Å². The van der Waals surface area contributed by atoms with Crippen LogP contribution in [0.2, 0.25) is 0 Å². The second-order valence-corrected chi connectivity index (χ2v) is 2.46. The number of thiol groups is 1. The lowest BCUT2D eigenvalue weighted by Crippen LogP contribution is -1.92. The molecule has 0 spiro atoms. The zero-order chi connectivity index (χ0) is 8.43. The molecule has 0 radical (unpaired) electrons. The van der Waals surface area contributed by atoms with E-state index in [-0.39, 0.29) is 10.6 Å². The first kappa shape index (κ1) is 8.33. The molecule has 0 saturated heterocycles. The number of methoxy groups -OCH3 is 1. The summed E-state index contributed by atoms with van der Waals surface area (Å²) in [5.41, 5.74) is 0. The summed E-state index contributed by atoms with van der Waals surface area (Å²) >= 11 is 3.77. The molecule has 0 heterocycles. The van der Waals surface area contributed by atoms with Crippen molar-refractivity contribution in [2.45, 2.75) is 4.90 Å². The molecule has 60 valence electrons. The van der Waals surface area contributed by atoms with E-state index in [1.807, 2.05) is 0 Å². The number of hydrogen-bond donors (Lipinski definition) is 1. The largest absolute Gasteiger partial charge is 0.491 e. The summed E-state index contributed by atoms with van der Waals surface area (Å²) < 4.78 is 29.8. The van der Waals surface area contributed by atoms with Gasteiger partial charge in [-0.15, -0.1) is 12.6 Å². The van der Waals surface area contributed by atoms with E-state index in [1.165, 1.54) is 7.11 Å². The Bertz CT molecular complexity index is 252. The van der Waals surface area contributed by atoms with Crippen LogP contribution >= 0.6 is 12.6 Å². The number of hydrogen-bond acceptors (Lipinski definition) is 2. The molecule has 0 N–H and O–H groups in total. The maximum Gasteiger partial charge on any atom is 0.190 e. The second kappa shape index (κ2) is 3.09. The number of halogens is 2. The van der Waals surface area contributed by atoms with Gasteiger partial charge in [-0.3, -0.25) is 0 Å². The Morgan fingerprint density at radius 3 is 2.09 bits per heavy atom. The summed E-state index contributed by atoms with van der Waals surface area (Å²) in [6, 6.07) is 2.18. The van der Waals surface area contributed by atoms with Crippen molar-refractivity contribution in [2.24, 2.45) is 0 Å². The Labute approximate surface area is 68.4 Å². The van der Waals surface area contributed by atoms with Crippen molar-refractivity contribution >= 4 is 12.6 Å². The van der Waals surface area contributed by atoms with Gasteiger partial charge in [0.05, 0.1) is 7.11 Å². The Hall–Kier alpha value is -0.770. The Morgan fingerprint density at radius 2 is 1.73 bits per heavy atom. The lowest BCUT2D eigenvalue weighted by atomic mass is 10.3. The smallest absolute Gasteiger partial charge is 0.190 e. The summed E-state index contributed by atoms with van der Waals surface area (Å²) in [4.78, 5) is 0.237. The van der Waals surface area contributed by atoms with E-state index in [9.17, 15) is 8.78 Å². The van der Waals surface area contributed by atoms with Gasteiger partial charge >= 0.3 is 0 Å². The topological polar surface area (TPSA) is 9.23 Å². The predicted molar refractivity (Wildman–Crippen MR) is 40.2 cm³/mol. The van der Waals surface area contributed by atoms with Crippen LogP contribution in [0.3, 0.4) is 0 Å². The molecular formula is C7H6F2OS. The fourth-order valence-electron chi connectivity index (χ4n) is 0.742. The monoisotopic (exact) mass is 176 g/mol. The lowest BCUT2D eigenvalue weighted by molar-refractivity contribution is 0.358. The first-order chi connectivity index (χ1) is 5.15. The van der Waals surface area contributed by atoms with E-state index in [1.54, 1.807) is 0 Å². The molecule has 0 amide bonds. The van der Waals surface area contributed by atoms with Crippen LogP contribution in [0.15, 0.2) is 17.0 Å². The summed E-state index contributed by atoms with van der Waals surface area (Å²) in [5.74, 6) is -1.85. The van der Waals surface area contributed by atoms with Crippen LogP contribution in [0.25, 0.3) is 0 Å². The van der Waals surface area contributed by atoms with E-state index in [0.717, 1.165) is 12.1 Å². The predicted octanol–water partition coefficient (Wildman–Crippen LogP) is 2.26. The van der Waals surface area contributed by atoms with Crippen LogP contribution in [0, 0.1) is 11.6 Å². The van der Waals surface area contributed by atoms with Crippen LogP contribution in [-0.4, -0.2) is 7.11 Å². The molecule has 0 unspecified atom stereocenters. The first-order valence-corrected chi connectivity index (χ1v) is 3.32. The zero-order valence-corrected chi connectivity index (χ0v) is 6.66. The number of benzene rings is 1. The molecule has 0 aromatic heterocycles. The molecule has 0 fully saturated rings. The molecule has 0 saturated carbocycles. The highest BCUT2D eigenvalue weighted by atomic mass is 32.1. The molecule has 1 rings (SSSR count). The van der Waals surface area contributed by atoms with Gasteiger partial charge in [-0.2, -0.15) is 0 Å². The molecule has 0 bridgehead atoms. The van der Waals surface area contributed by atoms with Crippen molar-refractivity contribution in [1.82, 2.24) is 0 Å². The van der Waals surface area contributed by atoms with E-state index in [4.69, 9.17) is 0 Å². The van der Waals surface area contributed by atoms with Gasteiger partial charge < -0.3 is 4.74 Å². The van der Waals surface area contributed by atoms with Gasteiger partial charge in [0.1, 0.15) is 0 Å². The fourth-order valence-corrected chi connectivity index (χ4v) is 0.968. The molecule has 0 atom stereocenters. The minimum Gasteiger partial charge on any atom is -0.491 e. The van der Waals surface area contributed by atoms with Crippen molar-refractivity contribution in [3.8, 4) is 5.75 Å². The standard InChI is InChI=1S/C7H6F2OS/c1-10-7-5(8)2-4(11)3-6(7)9/h2-3,11H,1H3. The highest BCUT2D eigenvalue weighted by Crippen LogP contribution is 2.23. The van der Waals surface area contributed by atoms with Crippen molar-refractivity contribution in [3.63, 3.8) is 0 Å². The number of rotatable bonds is 1. The van der Waals surface area contributed by atoms with Crippen molar-refractivity contribution < 1.29 is 13.5 Å². The van der Waals surface area contributed by atoms with E-state index in [2.05, 4.69) is 17.4 Å². The van der Waals surface area contributed by atoms with Crippen molar-refractivity contribution in [2.75, 3.05) is 7.11 Å². The van der Waals surface area contributed by atoms with E-state index in [0.29, 0.717) is 0 Å². The molecule has 11 heavy (non-hydrogen) atoms. The average molecular weight is 176 g/mol. The van der Waals surface area contributed by atoms with Gasteiger partial charge in [-0.25, -0.2) is 8.78 Å². The highest BCUT2D eigenvalue weighted by Gasteiger charge is 2.09. The maximum absolute atomic E-state index is 12.7. The third kappa shape index (κ3) is 1.63. The van der Waals surface area contributed by atoms with Gasteiger partial charge in [-0.1, -0.05) is 0 Å². The zero-order valence-electron chi connectivity index (χ0n) is 5.77.